The van der Waals surface area contributed by atoms with Gasteiger partial charge in [0.1, 0.15) is 0 Å². The molecule has 0 fully saturated rings. The second-order valence-corrected chi connectivity index (χ2v) is 4.05. The van der Waals surface area contributed by atoms with E-state index in [1.54, 1.807) is 11.9 Å². The van der Waals surface area contributed by atoms with Crippen LogP contribution in [-0.2, 0) is 4.79 Å². The van der Waals surface area contributed by atoms with Gasteiger partial charge in [0.25, 0.3) is 0 Å². The fraction of sp³-hybridized carbons (Fsp3) is 0.818. The van der Waals surface area contributed by atoms with Crippen molar-refractivity contribution >= 4 is 5.91 Å². The standard InChI is InChI=1S/C11H21N3O/c1-10(2)13(3)9-6-11(15)14(4)8-5-7-12/h10H,5-6,8-9H2,1-4H3. The summed E-state index contributed by atoms with van der Waals surface area (Å²) in [6, 6.07) is 2.49. The minimum atomic E-state index is 0.109. The lowest BCUT2D eigenvalue weighted by Gasteiger charge is -2.22. The fourth-order valence-corrected chi connectivity index (χ4v) is 1.06. The van der Waals surface area contributed by atoms with Gasteiger partial charge in [0.15, 0.2) is 0 Å². The minimum Gasteiger partial charge on any atom is -0.345 e. The van der Waals surface area contributed by atoms with Gasteiger partial charge >= 0.3 is 0 Å². The van der Waals surface area contributed by atoms with Crippen LogP contribution in [0.2, 0.25) is 0 Å². The first-order valence-corrected chi connectivity index (χ1v) is 5.30. The van der Waals surface area contributed by atoms with Crippen LogP contribution in [0.25, 0.3) is 0 Å². The molecule has 15 heavy (non-hydrogen) atoms. The van der Waals surface area contributed by atoms with E-state index in [4.69, 9.17) is 5.26 Å². The van der Waals surface area contributed by atoms with Gasteiger partial charge in [0.05, 0.1) is 12.5 Å². The first kappa shape index (κ1) is 13.9. The number of carbonyl (C=O) groups is 1. The van der Waals surface area contributed by atoms with Gasteiger partial charge < -0.3 is 9.80 Å². The maximum Gasteiger partial charge on any atom is 0.223 e. The maximum absolute atomic E-state index is 11.6. The monoisotopic (exact) mass is 211 g/mol. The van der Waals surface area contributed by atoms with E-state index in [-0.39, 0.29) is 5.91 Å². The van der Waals surface area contributed by atoms with Crippen molar-refractivity contribution in [1.29, 1.82) is 5.26 Å². The first-order chi connectivity index (χ1) is 6.99. The highest BCUT2D eigenvalue weighted by molar-refractivity contribution is 5.76. The molecule has 0 atom stereocenters. The molecule has 0 aromatic heterocycles. The van der Waals surface area contributed by atoms with E-state index in [0.717, 1.165) is 6.54 Å². The quantitative estimate of drug-likeness (QED) is 0.660. The molecule has 1 amide bonds. The largest absolute Gasteiger partial charge is 0.345 e. The molecule has 86 valence electrons. The summed E-state index contributed by atoms with van der Waals surface area (Å²) in [5.74, 6) is 0.109. The molecule has 0 aromatic rings. The van der Waals surface area contributed by atoms with Crippen LogP contribution in [-0.4, -0.2) is 48.9 Å². The van der Waals surface area contributed by atoms with E-state index in [1.165, 1.54) is 0 Å². The van der Waals surface area contributed by atoms with Crippen molar-refractivity contribution in [2.24, 2.45) is 0 Å². The van der Waals surface area contributed by atoms with Crippen LogP contribution < -0.4 is 0 Å². The summed E-state index contributed by atoms with van der Waals surface area (Å²) in [5, 5.41) is 8.39. The van der Waals surface area contributed by atoms with Crippen LogP contribution in [0, 0.1) is 11.3 Å². The maximum atomic E-state index is 11.6. The zero-order chi connectivity index (χ0) is 11.8. The third-order valence-electron chi connectivity index (χ3n) is 2.54. The van der Waals surface area contributed by atoms with Gasteiger partial charge in [0, 0.05) is 32.6 Å². The van der Waals surface area contributed by atoms with E-state index in [1.807, 2.05) is 13.1 Å². The molecule has 0 aromatic carbocycles. The molecule has 0 rings (SSSR count). The molecule has 0 unspecified atom stereocenters. The van der Waals surface area contributed by atoms with Gasteiger partial charge in [-0.25, -0.2) is 0 Å². The SMILES string of the molecule is CC(C)N(C)CCC(=O)N(C)CCC#N. The van der Waals surface area contributed by atoms with Crippen molar-refractivity contribution < 1.29 is 4.79 Å². The van der Waals surface area contributed by atoms with Crippen LogP contribution in [0.4, 0.5) is 0 Å². The van der Waals surface area contributed by atoms with E-state index in [0.29, 0.717) is 25.4 Å². The second-order valence-electron chi connectivity index (χ2n) is 4.05. The molecular weight excluding hydrogens is 190 g/mol. The summed E-state index contributed by atoms with van der Waals surface area (Å²) in [4.78, 5) is 15.3. The van der Waals surface area contributed by atoms with Crippen molar-refractivity contribution in [3.63, 3.8) is 0 Å². The second kappa shape index (κ2) is 7.24. The van der Waals surface area contributed by atoms with Crippen LogP contribution in [0.1, 0.15) is 26.7 Å². The lowest BCUT2D eigenvalue weighted by molar-refractivity contribution is -0.130. The highest BCUT2D eigenvalue weighted by atomic mass is 16.2. The van der Waals surface area contributed by atoms with E-state index in [2.05, 4.69) is 18.7 Å². The normalized spacial score (nSPS) is 10.5. The predicted molar refractivity (Wildman–Crippen MR) is 60.3 cm³/mol. The Morgan fingerprint density at radius 3 is 2.40 bits per heavy atom. The average Bonchev–Trinajstić information content (AvgIpc) is 2.21. The number of hydrogen-bond acceptors (Lipinski definition) is 3. The molecule has 0 radical (unpaired) electrons. The summed E-state index contributed by atoms with van der Waals surface area (Å²) in [6.07, 6.45) is 0.929. The summed E-state index contributed by atoms with van der Waals surface area (Å²) in [5.41, 5.74) is 0. The Morgan fingerprint density at radius 1 is 1.33 bits per heavy atom. The average molecular weight is 211 g/mol. The van der Waals surface area contributed by atoms with E-state index < -0.39 is 0 Å². The number of nitrogens with zero attached hydrogens (tertiary/aromatic N) is 3. The number of rotatable bonds is 6. The Morgan fingerprint density at radius 2 is 1.93 bits per heavy atom. The van der Waals surface area contributed by atoms with Gasteiger partial charge in [-0.2, -0.15) is 5.26 Å². The summed E-state index contributed by atoms with van der Waals surface area (Å²) in [7, 11) is 3.75. The van der Waals surface area contributed by atoms with Crippen LogP contribution in [0.15, 0.2) is 0 Å². The molecule has 4 nitrogen and oxygen atoms in total. The van der Waals surface area contributed by atoms with Crippen molar-refractivity contribution in [2.45, 2.75) is 32.7 Å². The van der Waals surface area contributed by atoms with Crippen molar-refractivity contribution in [1.82, 2.24) is 9.80 Å². The van der Waals surface area contributed by atoms with E-state index >= 15 is 0 Å². The Kier molecular flexibility index (Phi) is 6.72. The topological polar surface area (TPSA) is 47.3 Å². The Balaban J connectivity index is 3.78. The molecule has 0 saturated heterocycles. The molecule has 0 aliphatic carbocycles. The van der Waals surface area contributed by atoms with Crippen molar-refractivity contribution in [3.8, 4) is 6.07 Å². The number of hydrogen-bond donors (Lipinski definition) is 0. The van der Waals surface area contributed by atoms with E-state index in [9.17, 15) is 4.79 Å². The smallest absolute Gasteiger partial charge is 0.223 e. The summed E-state index contributed by atoms with van der Waals surface area (Å²) in [6.45, 7) is 5.50. The zero-order valence-corrected chi connectivity index (χ0v) is 10.2. The Labute approximate surface area is 92.5 Å². The number of amides is 1. The van der Waals surface area contributed by atoms with Crippen LogP contribution >= 0.6 is 0 Å². The van der Waals surface area contributed by atoms with Gasteiger partial charge in [-0.1, -0.05) is 0 Å². The van der Waals surface area contributed by atoms with Crippen molar-refractivity contribution in [3.05, 3.63) is 0 Å². The lowest BCUT2D eigenvalue weighted by atomic mass is 10.3. The van der Waals surface area contributed by atoms with Crippen LogP contribution in [0.3, 0.4) is 0 Å². The molecule has 0 N–H and O–H groups in total. The Hall–Kier alpha value is -1.08. The summed E-state index contributed by atoms with van der Waals surface area (Å²) >= 11 is 0. The summed E-state index contributed by atoms with van der Waals surface area (Å²) < 4.78 is 0. The molecule has 0 bridgehead atoms. The van der Waals surface area contributed by atoms with Gasteiger partial charge in [-0.3, -0.25) is 4.79 Å². The number of nitriles is 1. The third-order valence-corrected chi connectivity index (χ3v) is 2.54. The predicted octanol–water partition coefficient (Wildman–Crippen LogP) is 1.09. The highest BCUT2D eigenvalue weighted by Crippen LogP contribution is 1.98. The minimum absolute atomic E-state index is 0.109. The molecule has 0 saturated carbocycles. The zero-order valence-electron chi connectivity index (χ0n) is 10.2. The molecule has 0 spiro atoms. The molecule has 0 heterocycles. The van der Waals surface area contributed by atoms with Gasteiger partial charge in [-0.05, 0) is 20.9 Å². The highest BCUT2D eigenvalue weighted by Gasteiger charge is 2.10. The molecule has 0 aliphatic heterocycles. The fourth-order valence-electron chi connectivity index (χ4n) is 1.06. The van der Waals surface area contributed by atoms with Gasteiger partial charge in [0.2, 0.25) is 5.91 Å². The number of carbonyl (C=O) groups excluding carboxylic acids is 1. The third kappa shape index (κ3) is 6.08. The molecular formula is C11H21N3O. The van der Waals surface area contributed by atoms with Crippen LogP contribution in [0.5, 0.6) is 0 Å². The van der Waals surface area contributed by atoms with Gasteiger partial charge in [-0.15, -0.1) is 0 Å². The Bertz CT molecular complexity index is 232. The molecule has 0 aliphatic rings. The first-order valence-electron chi connectivity index (χ1n) is 5.30. The lowest BCUT2D eigenvalue weighted by Crippen LogP contribution is -2.33. The van der Waals surface area contributed by atoms with Crippen molar-refractivity contribution in [2.75, 3.05) is 27.2 Å². The molecule has 4 heteroatoms.